The van der Waals surface area contributed by atoms with Crippen molar-refractivity contribution in [1.29, 1.82) is 0 Å². The lowest BCUT2D eigenvalue weighted by atomic mass is 10.1. The maximum atomic E-state index is 12.3. The second-order valence-electron chi connectivity index (χ2n) is 4.88. The van der Waals surface area contributed by atoms with E-state index in [9.17, 15) is 14.7 Å². The molecule has 1 aliphatic rings. The Bertz CT molecular complexity index is 461. The first-order valence-corrected chi connectivity index (χ1v) is 7.19. The molecule has 0 spiro atoms. The number of amides is 1. The number of hydrogen-bond donors (Lipinski definition) is 2. The lowest BCUT2D eigenvalue weighted by molar-refractivity contribution is -0.149. The fourth-order valence-electron chi connectivity index (χ4n) is 2.18. The maximum Gasteiger partial charge on any atom is 0.327 e. The zero-order valence-corrected chi connectivity index (χ0v) is 11.7. The molecule has 0 bridgehead atoms. The van der Waals surface area contributed by atoms with Crippen LogP contribution < -0.4 is 0 Å². The predicted molar refractivity (Wildman–Crippen MR) is 71.6 cm³/mol. The van der Waals surface area contributed by atoms with Crippen LogP contribution in [0.4, 0.5) is 0 Å². The number of carbonyl (C=O) groups excluding carboxylic acids is 1. The summed E-state index contributed by atoms with van der Waals surface area (Å²) in [6, 6.07) is 0.995. The van der Waals surface area contributed by atoms with Gasteiger partial charge in [-0.2, -0.15) is 5.10 Å². The van der Waals surface area contributed by atoms with Crippen molar-refractivity contribution in [3.8, 4) is 0 Å². The first-order valence-electron chi connectivity index (χ1n) is 6.14. The number of nitrogens with zero attached hydrogens (tertiary/aromatic N) is 2. The van der Waals surface area contributed by atoms with Crippen molar-refractivity contribution in [2.75, 3.05) is 5.75 Å². The number of hydrogen-bond acceptors (Lipinski definition) is 4. The molecule has 2 unspecified atom stereocenters. The van der Waals surface area contributed by atoms with E-state index in [0.29, 0.717) is 11.4 Å². The molecule has 104 valence electrons. The zero-order valence-electron chi connectivity index (χ0n) is 10.9. The van der Waals surface area contributed by atoms with Crippen LogP contribution in [0.3, 0.4) is 0 Å². The largest absolute Gasteiger partial charge is 0.480 e. The monoisotopic (exact) mass is 283 g/mol. The van der Waals surface area contributed by atoms with E-state index in [2.05, 4.69) is 10.2 Å². The quantitative estimate of drug-likeness (QED) is 0.859. The van der Waals surface area contributed by atoms with Crippen molar-refractivity contribution in [3.05, 3.63) is 18.0 Å². The maximum absolute atomic E-state index is 12.3. The molecule has 1 fully saturated rings. The molecule has 6 nitrogen and oxygen atoms in total. The SMILES string of the molecule is CC(C)C1SCC(C(=O)O)N1C(=O)Cc1ccn[nH]1. The summed E-state index contributed by atoms with van der Waals surface area (Å²) in [5.41, 5.74) is 0.702. The van der Waals surface area contributed by atoms with Crippen LogP contribution in [-0.4, -0.2) is 49.2 Å². The summed E-state index contributed by atoms with van der Waals surface area (Å²) >= 11 is 1.53. The summed E-state index contributed by atoms with van der Waals surface area (Å²) in [5, 5.41) is 15.7. The van der Waals surface area contributed by atoms with Gasteiger partial charge in [-0.05, 0) is 12.0 Å². The topological polar surface area (TPSA) is 86.3 Å². The van der Waals surface area contributed by atoms with Gasteiger partial charge in [0.2, 0.25) is 5.91 Å². The van der Waals surface area contributed by atoms with Gasteiger partial charge in [0.25, 0.3) is 0 Å². The van der Waals surface area contributed by atoms with E-state index in [1.54, 1.807) is 12.3 Å². The third kappa shape index (κ3) is 2.91. The minimum absolute atomic E-state index is 0.0727. The molecule has 1 amide bonds. The van der Waals surface area contributed by atoms with Gasteiger partial charge in [-0.3, -0.25) is 9.89 Å². The normalized spacial score (nSPS) is 23.0. The summed E-state index contributed by atoms with van der Waals surface area (Å²) in [6.45, 7) is 4.00. The van der Waals surface area contributed by atoms with Crippen LogP contribution in [0, 0.1) is 5.92 Å². The number of aromatic amines is 1. The number of carbonyl (C=O) groups is 2. The van der Waals surface area contributed by atoms with Gasteiger partial charge < -0.3 is 10.0 Å². The molecule has 0 saturated carbocycles. The Hall–Kier alpha value is -1.50. The van der Waals surface area contributed by atoms with Gasteiger partial charge in [-0.25, -0.2) is 4.79 Å². The van der Waals surface area contributed by atoms with Gasteiger partial charge >= 0.3 is 5.97 Å². The first-order chi connectivity index (χ1) is 9.00. The number of aliphatic carboxylic acids is 1. The Morgan fingerprint density at radius 2 is 2.37 bits per heavy atom. The van der Waals surface area contributed by atoms with E-state index in [-0.39, 0.29) is 23.6 Å². The standard InChI is InChI=1S/C12H17N3O3S/c1-7(2)11-15(9(6-19-11)12(17)18)10(16)5-8-3-4-13-14-8/h3-4,7,9,11H,5-6H2,1-2H3,(H,13,14)(H,17,18). The molecule has 2 rings (SSSR count). The number of carboxylic acids is 1. The lowest BCUT2D eigenvalue weighted by Crippen LogP contribution is -2.47. The summed E-state index contributed by atoms with van der Waals surface area (Å²) in [7, 11) is 0. The average molecular weight is 283 g/mol. The minimum atomic E-state index is -0.936. The highest BCUT2D eigenvalue weighted by atomic mass is 32.2. The number of nitrogens with one attached hydrogen (secondary N) is 1. The van der Waals surface area contributed by atoms with Crippen LogP contribution in [0.15, 0.2) is 12.3 Å². The van der Waals surface area contributed by atoms with E-state index in [1.165, 1.54) is 16.7 Å². The van der Waals surface area contributed by atoms with E-state index in [4.69, 9.17) is 0 Å². The second kappa shape index (κ2) is 5.64. The molecule has 0 aliphatic carbocycles. The van der Waals surface area contributed by atoms with Crippen LogP contribution >= 0.6 is 11.8 Å². The number of thioether (sulfide) groups is 1. The molecule has 2 atom stereocenters. The molecular weight excluding hydrogens is 266 g/mol. The van der Waals surface area contributed by atoms with E-state index < -0.39 is 12.0 Å². The Balaban J connectivity index is 2.16. The third-order valence-corrected chi connectivity index (χ3v) is 4.70. The highest BCUT2D eigenvalue weighted by Gasteiger charge is 2.42. The highest BCUT2D eigenvalue weighted by molar-refractivity contribution is 8.00. The Morgan fingerprint density at radius 3 is 2.89 bits per heavy atom. The third-order valence-electron chi connectivity index (χ3n) is 3.08. The number of aromatic nitrogens is 2. The van der Waals surface area contributed by atoms with Crippen LogP contribution in [0.25, 0.3) is 0 Å². The van der Waals surface area contributed by atoms with Crippen molar-refractivity contribution in [2.24, 2.45) is 5.92 Å². The van der Waals surface area contributed by atoms with Crippen molar-refractivity contribution in [1.82, 2.24) is 15.1 Å². The Morgan fingerprint density at radius 1 is 1.63 bits per heavy atom. The van der Waals surface area contributed by atoms with Crippen LogP contribution in [0.5, 0.6) is 0 Å². The first kappa shape index (κ1) is 13.9. The van der Waals surface area contributed by atoms with Gasteiger partial charge in [-0.15, -0.1) is 11.8 Å². The van der Waals surface area contributed by atoms with Crippen LogP contribution in [-0.2, 0) is 16.0 Å². The molecule has 2 heterocycles. The molecule has 1 aliphatic heterocycles. The van der Waals surface area contributed by atoms with E-state index in [0.717, 1.165) is 0 Å². The molecule has 0 aromatic carbocycles. The molecule has 1 saturated heterocycles. The lowest BCUT2D eigenvalue weighted by Gasteiger charge is -2.29. The minimum Gasteiger partial charge on any atom is -0.480 e. The molecule has 1 aromatic heterocycles. The van der Waals surface area contributed by atoms with Gasteiger partial charge in [0.05, 0.1) is 11.8 Å². The number of carboxylic acid groups (broad SMARTS) is 1. The predicted octanol–water partition coefficient (Wildman–Crippen LogP) is 0.963. The highest BCUT2D eigenvalue weighted by Crippen LogP contribution is 2.34. The van der Waals surface area contributed by atoms with Gasteiger partial charge in [-0.1, -0.05) is 13.8 Å². The smallest absolute Gasteiger partial charge is 0.327 e. The van der Waals surface area contributed by atoms with Crippen LogP contribution in [0.1, 0.15) is 19.5 Å². The van der Waals surface area contributed by atoms with E-state index in [1.807, 2.05) is 13.8 Å². The molecule has 7 heteroatoms. The summed E-state index contributed by atoms with van der Waals surface area (Å²) in [4.78, 5) is 25.1. The number of H-pyrrole nitrogens is 1. The van der Waals surface area contributed by atoms with Crippen LogP contribution in [0.2, 0.25) is 0 Å². The number of rotatable bonds is 4. The van der Waals surface area contributed by atoms with Gasteiger partial charge in [0.15, 0.2) is 0 Å². The summed E-state index contributed by atoms with van der Waals surface area (Å²) in [6.07, 6.45) is 1.74. The summed E-state index contributed by atoms with van der Waals surface area (Å²) < 4.78 is 0. The van der Waals surface area contributed by atoms with Crippen molar-refractivity contribution < 1.29 is 14.7 Å². The molecule has 19 heavy (non-hydrogen) atoms. The van der Waals surface area contributed by atoms with Gasteiger partial charge in [0, 0.05) is 17.6 Å². The average Bonchev–Trinajstić information content (AvgIpc) is 2.95. The second-order valence-corrected chi connectivity index (χ2v) is 6.03. The van der Waals surface area contributed by atoms with Crippen molar-refractivity contribution >= 4 is 23.6 Å². The fraction of sp³-hybridized carbons (Fsp3) is 0.583. The van der Waals surface area contributed by atoms with Crippen molar-refractivity contribution in [3.63, 3.8) is 0 Å². The Kier molecular flexibility index (Phi) is 4.14. The Labute approximate surface area is 115 Å². The van der Waals surface area contributed by atoms with Crippen molar-refractivity contribution in [2.45, 2.75) is 31.7 Å². The molecule has 1 aromatic rings. The zero-order chi connectivity index (χ0) is 14.0. The van der Waals surface area contributed by atoms with Gasteiger partial charge in [0.1, 0.15) is 6.04 Å². The summed E-state index contributed by atoms with van der Waals surface area (Å²) in [5.74, 6) is -0.429. The molecular formula is C12H17N3O3S. The van der Waals surface area contributed by atoms with E-state index >= 15 is 0 Å². The fourth-order valence-corrected chi connectivity index (χ4v) is 3.68. The molecule has 2 N–H and O–H groups in total. The molecule has 0 radical (unpaired) electrons.